The molecule has 1 aromatic rings. The summed E-state index contributed by atoms with van der Waals surface area (Å²) in [6, 6.07) is 3.65. The molecule has 0 aromatic carbocycles. The SMILES string of the molecule is CCCOc1ccc(NC(=O)C(CC(C)C)(CC(C)C)OCC)c(C)n1. The molecular weight excluding hydrogens is 328 g/mol. The number of amides is 1. The van der Waals surface area contributed by atoms with Crippen LogP contribution < -0.4 is 10.1 Å². The van der Waals surface area contributed by atoms with Crippen LogP contribution in [0.2, 0.25) is 0 Å². The number of carbonyl (C=O) groups excluding carboxylic acids is 1. The van der Waals surface area contributed by atoms with Crippen molar-refractivity contribution in [3.05, 3.63) is 17.8 Å². The molecule has 0 spiro atoms. The molecule has 0 bridgehead atoms. The van der Waals surface area contributed by atoms with Crippen LogP contribution in [0.4, 0.5) is 5.69 Å². The zero-order valence-electron chi connectivity index (χ0n) is 17.5. The number of aromatic nitrogens is 1. The van der Waals surface area contributed by atoms with Gasteiger partial charge in [-0.15, -0.1) is 0 Å². The maximum Gasteiger partial charge on any atom is 0.256 e. The summed E-state index contributed by atoms with van der Waals surface area (Å²) in [5, 5.41) is 3.05. The third-order valence-electron chi connectivity index (χ3n) is 4.07. The summed E-state index contributed by atoms with van der Waals surface area (Å²) in [5.74, 6) is 1.21. The number of hydrogen-bond donors (Lipinski definition) is 1. The summed E-state index contributed by atoms with van der Waals surface area (Å²) in [5.41, 5.74) is 0.628. The lowest BCUT2D eigenvalue weighted by molar-refractivity contribution is -0.146. The Labute approximate surface area is 158 Å². The quantitative estimate of drug-likeness (QED) is 0.601. The van der Waals surface area contributed by atoms with Gasteiger partial charge in [-0.25, -0.2) is 4.98 Å². The second-order valence-corrected chi connectivity index (χ2v) is 7.71. The third-order valence-corrected chi connectivity index (χ3v) is 4.07. The predicted octanol–water partition coefficient (Wildman–Crippen LogP) is 4.98. The van der Waals surface area contributed by atoms with E-state index in [9.17, 15) is 4.79 Å². The summed E-state index contributed by atoms with van der Waals surface area (Å²) in [6.45, 7) is 15.5. The number of ether oxygens (including phenoxy) is 2. The second kappa shape index (κ2) is 10.5. The lowest BCUT2D eigenvalue weighted by Crippen LogP contribution is -2.47. The lowest BCUT2D eigenvalue weighted by Gasteiger charge is -2.35. The van der Waals surface area contributed by atoms with Gasteiger partial charge in [0.25, 0.3) is 5.91 Å². The van der Waals surface area contributed by atoms with Gasteiger partial charge in [-0.1, -0.05) is 34.6 Å². The van der Waals surface area contributed by atoms with E-state index in [1.54, 1.807) is 6.07 Å². The van der Waals surface area contributed by atoms with Gasteiger partial charge < -0.3 is 14.8 Å². The summed E-state index contributed by atoms with van der Waals surface area (Å²) in [6.07, 6.45) is 2.31. The molecule has 1 amide bonds. The molecule has 26 heavy (non-hydrogen) atoms. The maximum absolute atomic E-state index is 13.2. The minimum Gasteiger partial charge on any atom is -0.478 e. The minimum atomic E-state index is -0.819. The molecule has 5 heteroatoms. The van der Waals surface area contributed by atoms with Crippen molar-refractivity contribution in [3.63, 3.8) is 0 Å². The van der Waals surface area contributed by atoms with Crippen molar-refractivity contribution in [2.45, 2.75) is 73.3 Å². The Morgan fingerprint density at radius 2 is 1.77 bits per heavy atom. The highest BCUT2D eigenvalue weighted by molar-refractivity contribution is 5.97. The van der Waals surface area contributed by atoms with E-state index in [1.165, 1.54) is 0 Å². The topological polar surface area (TPSA) is 60.5 Å². The zero-order chi connectivity index (χ0) is 19.7. The smallest absolute Gasteiger partial charge is 0.256 e. The van der Waals surface area contributed by atoms with Gasteiger partial charge in [0.15, 0.2) is 0 Å². The Hall–Kier alpha value is -1.62. The number of rotatable bonds is 11. The number of hydrogen-bond acceptors (Lipinski definition) is 4. The fourth-order valence-electron chi connectivity index (χ4n) is 3.24. The minimum absolute atomic E-state index is 0.0890. The van der Waals surface area contributed by atoms with E-state index in [0.717, 1.165) is 12.1 Å². The molecular formula is C21H36N2O3. The fourth-order valence-corrected chi connectivity index (χ4v) is 3.24. The number of nitrogens with one attached hydrogen (secondary N) is 1. The van der Waals surface area contributed by atoms with Gasteiger partial charge in [-0.3, -0.25) is 4.79 Å². The summed E-state index contributed by atoms with van der Waals surface area (Å²) in [7, 11) is 0. The highest BCUT2D eigenvalue weighted by Crippen LogP contribution is 2.31. The van der Waals surface area contributed by atoms with E-state index in [4.69, 9.17) is 9.47 Å². The number of carbonyl (C=O) groups is 1. The van der Waals surface area contributed by atoms with Gasteiger partial charge in [-0.2, -0.15) is 0 Å². The zero-order valence-corrected chi connectivity index (χ0v) is 17.5. The molecule has 0 aliphatic heterocycles. The van der Waals surface area contributed by atoms with Crippen molar-refractivity contribution in [2.24, 2.45) is 11.8 Å². The van der Waals surface area contributed by atoms with Crippen LogP contribution in [0.1, 0.15) is 66.5 Å². The molecule has 0 atom stereocenters. The van der Waals surface area contributed by atoms with Crippen molar-refractivity contribution >= 4 is 11.6 Å². The Morgan fingerprint density at radius 1 is 1.15 bits per heavy atom. The molecule has 0 fully saturated rings. The third kappa shape index (κ3) is 6.60. The largest absolute Gasteiger partial charge is 0.478 e. The van der Waals surface area contributed by atoms with Crippen LogP contribution >= 0.6 is 0 Å². The Balaban J connectivity index is 3.04. The molecule has 0 saturated heterocycles. The van der Waals surface area contributed by atoms with Gasteiger partial charge in [0.2, 0.25) is 5.88 Å². The Bertz CT molecular complexity index is 560. The average molecular weight is 365 g/mol. The van der Waals surface area contributed by atoms with Gasteiger partial charge in [0.1, 0.15) is 5.60 Å². The van der Waals surface area contributed by atoms with E-state index in [0.29, 0.717) is 49.5 Å². The number of aryl methyl sites for hydroxylation is 1. The van der Waals surface area contributed by atoms with E-state index >= 15 is 0 Å². The first-order chi connectivity index (χ1) is 12.2. The number of pyridine rings is 1. The van der Waals surface area contributed by atoms with Crippen molar-refractivity contribution in [2.75, 3.05) is 18.5 Å². The molecule has 1 N–H and O–H groups in total. The van der Waals surface area contributed by atoms with Crippen molar-refractivity contribution < 1.29 is 14.3 Å². The van der Waals surface area contributed by atoms with E-state index in [1.807, 2.05) is 19.9 Å². The molecule has 1 heterocycles. The summed E-state index contributed by atoms with van der Waals surface area (Å²) < 4.78 is 11.6. The highest BCUT2D eigenvalue weighted by atomic mass is 16.5. The highest BCUT2D eigenvalue weighted by Gasteiger charge is 2.40. The van der Waals surface area contributed by atoms with Crippen LogP contribution in [-0.2, 0) is 9.53 Å². The van der Waals surface area contributed by atoms with E-state index in [-0.39, 0.29) is 5.91 Å². The van der Waals surface area contributed by atoms with Crippen LogP contribution in [-0.4, -0.2) is 29.7 Å². The van der Waals surface area contributed by atoms with Crippen LogP contribution in [0, 0.1) is 18.8 Å². The predicted molar refractivity (Wildman–Crippen MR) is 107 cm³/mol. The first kappa shape index (κ1) is 22.4. The Kier molecular flexibility index (Phi) is 9.06. The number of nitrogens with zero attached hydrogens (tertiary/aromatic N) is 1. The molecule has 1 aromatic heterocycles. The first-order valence-corrected chi connectivity index (χ1v) is 9.79. The molecule has 0 unspecified atom stereocenters. The van der Waals surface area contributed by atoms with Gasteiger partial charge >= 0.3 is 0 Å². The molecule has 5 nitrogen and oxygen atoms in total. The van der Waals surface area contributed by atoms with Crippen LogP contribution in [0.3, 0.4) is 0 Å². The maximum atomic E-state index is 13.2. The standard InChI is InChI=1S/C21H36N2O3/c1-8-12-25-19-11-10-18(17(7)22-19)23-20(24)21(26-9-2,13-15(3)4)14-16(5)6/h10-11,15-16H,8-9,12-14H2,1-7H3,(H,23,24). The van der Waals surface area contributed by atoms with Crippen molar-refractivity contribution in [3.8, 4) is 5.88 Å². The Morgan fingerprint density at radius 3 is 2.23 bits per heavy atom. The second-order valence-electron chi connectivity index (χ2n) is 7.71. The normalized spacial score (nSPS) is 11.9. The lowest BCUT2D eigenvalue weighted by atomic mass is 9.83. The van der Waals surface area contributed by atoms with Crippen LogP contribution in [0.15, 0.2) is 12.1 Å². The summed E-state index contributed by atoms with van der Waals surface area (Å²) in [4.78, 5) is 17.6. The van der Waals surface area contributed by atoms with Crippen molar-refractivity contribution in [1.82, 2.24) is 4.98 Å². The van der Waals surface area contributed by atoms with Crippen LogP contribution in [0.25, 0.3) is 0 Å². The monoisotopic (exact) mass is 364 g/mol. The molecule has 0 aliphatic rings. The summed E-state index contributed by atoms with van der Waals surface area (Å²) >= 11 is 0. The van der Waals surface area contributed by atoms with Crippen molar-refractivity contribution in [1.29, 1.82) is 0 Å². The molecule has 0 aliphatic carbocycles. The van der Waals surface area contributed by atoms with Gasteiger partial charge in [0.05, 0.1) is 18.0 Å². The molecule has 1 rings (SSSR count). The van der Waals surface area contributed by atoms with Gasteiger partial charge in [0, 0.05) is 12.7 Å². The molecule has 0 saturated carbocycles. The first-order valence-electron chi connectivity index (χ1n) is 9.79. The van der Waals surface area contributed by atoms with E-state index < -0.39 is 5.60 Å². The van der Waals surface area contributed by atoms with Gasteiger partial charge in [-0.05, 0) is 51.0 Å². The van der Waals surface area contributed by atoms with Crippen LogP contribution in [0.5, 0.6) is 5.88 Å². The average Bonchev–Trinajstić information content (AvgIpc) is 2.54. The molecule has 0 radical (unpaired) electrons. The molecule has 148 valence electrons. The fraction of sp³-hybridized carbons (Fsp3) is 0.714. The number of anilines is 1. The van der Waals surface area contributed by atoms with E-state index in [2.05, 4.69) is 44.9 Å².